The van der Waals surface area contributed by atoms with Crippen LogP contribution in [0.3, 0.4) is 0 Å². The number of hydrogen-bond acceptors (Lipinski definition) is 2. The maximum absolute atomic E-state index is 13.3. The van der Waals surface area contributed by atoms with Gasteiger partial charge < -0.3 is 5.32 Å². The summed E-state index contributed by atoms with van der Waals surface area (Å²) in [5.41, 5.74) is 0.279. The number of benzene rings is 1. The van der Waals surface area contributed by atoms with Gasteiger partial charge in [0.05, 0.1) is 9.50 Å². The maximum Gasteiger partial charge on any atom is 0.275 e. The Bertz CT molecular complexity index is 652. The Kier molecular flexibility index (Phi) is 4.39. The van der Waals surface area contributed by atoms with Crippen LogP contribution in [0, 0.1) is 5.82 Å². The van der Waals surface area contributed by atoms with E-state index in [9.17, 15) is 9.18 Å². The van der Waals surface area contributed by atoms with Crippen LogP contribution in [-0.2, 0) is 0 Å². The van der Waals surface area contributed by atoms with Crippen molar-refractivity contribution < 1.29 is 9.18 Å². The summed E-state index contributed by atoms with van der Waals surface area (Å²) >= 11 is 14.6. The minimum atomic E-state index is -0.561. The van der Waals surface area contributed by atoms with Crippen LogP contribution >= 0.6 is 39.1 Å². The van der Waals surface area contributed by atoms with Gasteiger partial charge in [0, 0.05) is 5.69 Å². The summed E-state index contributed by atoms with van der Waals surface area (Å²) in [6.45, 7) is 0. The van der Waals surface area contributed by atoms with Gasteiger partial charge in [0.2, 0.25) is 0 Å². The van der Waals surface area contributed by atoms with Crippen LogP contribution in [0.1, 0.15) is 10.5 Å². The molecule has 1 heterocycles. The lowest BCUT2D eigenvalue weighted by Crippen LogP contribution is -2.14. The van der Waals surface area contributed by atoms with E-state index in [2.05, 4.69) is 26.2 Å². The van der Waals surface area contributed by atoms with Crippen molar-refractivity contribution in [2.75, 3.05) is 5.32 Å². The third-order valence-corrected chi connectivity index (χ3v) is 3.36. The molecule has 2 rings (SSSR count). The first-order valence-corrected chi connectivity index (χ1v) is 6.60. The Balaban J connectivity index is 2.25. The summed E-state index contributed by atoms with van der Waals surface area (Å²) in [4.78, 5) is 15.8. The van der Waals surface area contributed by atoms with Crippen molar-refractivity contribution >= 4 is 50.7 Å². The molecule has 0 spiro atoms. The molecule has 0 saturated heterocycles. The molecule has 7 heteroatoms. The van der Waals surface area contributed by atoms with E-state index in [0.29, 0.717) is 10.2 Å². The van der Waals surface area contributed by atoms with E-state index in [0.717, 1.165) is 0 Å². The molecule has 0 radical (unpaired) electrons. The lowest BCUT2D eigenvalue weighted by molar-refractivity contribution is 0.102. The highest BCUT2D eigenvalue weighted by molar-refractivity contribution is 9.10. The van der Waals surface area contributed by atoms with Crippen molar-refractivity contribution in [3.8, 4) is 0 Å². The first kappa shape index (κ1) is 14.2. The number of carbonyl (C=O) groups excluding carboxylic acids is 1. The van der Waals surface area contributed by atoms with Crippen molar-refractivity contribution in [2.45, 2.75) is 0 Å². The van der Waals surface area contributed by atoms with E-state index in [1.165, 1.54) is 24.3 Å². The second-order valence-electron chi connectivity index (χ2n) is 3.55. The molecule has 1 aromatic carbocycles. The fourth-order valence-electron chi connectivity index (χ4n) is 1.34. The molecule has 0 bridgehead atoms. The number of amides is 1. The third-order valence-electron chi connectivity index (χ3n) is 2.20. The first-order valence-electron chi connectivity index (χ1n) is 5.06. The quantitative estimate of drug-likeness (QED) is 0.795. The van der Waals surface area contributed by atoms with Crippen LogP contribution in [0.15, 0.2) is 34.8 Å². The fraction of sp³-hybridized carbons (Fsp3) is 0. The van der Waals surface area contributed by atoms with Crippen molar-refractivity contribution in [1.82, 2.24) is 4.98 Å². The Morgan fingerprint density at radius 1 is 1.26 bits per heavy atom. The van der Waals surface area contributed by atoms with Crippen molar-refractivity contribution in [2.24, 2.45) is 0 Å². The molecule has 3 nitrogen and oxygen atoms in total. The molecule has 0 atom stereocenters. The summed E-state index contributed by atoms with van der Waals surface area (Å²) in [7, 11) is 0. The molecule has 0 fully saturated rings. The molecule has 1 aromatic heterocycles. The van der Waals surface area contributed by atoms with E-state index >= 15 is 0 Å². The number of nitrogens with one attached hydrogen (secondary N) is 1. The van der Waals surface area contributed by atoms with Gasteiger partial charge in [-0.2, -0.15) is 0 Å². The van der Waals surface area contributed by atoms with Gasteiger partial charge >= 0.3 is 0 Å². The van der Waals surface area contributed by atoms with Crippen molar-refractivity contribution in [3.63, 3.8) is 0 Å². The molecular formula is C12H6BrCl2FN2O. The van der Waals surface area contributed by atoms with Crippen LogP contribution in [-0.4, -0.2) is 10.9 Å². The average Bonchev–Trinajstić information content (AvgIpc) is 2.36. The SMILES string of the molecule is O=C(Nc1ccc(Br)c(F)c1)c1nc(Cl)ccc1Cl. The maximum atomic E-state index is 13.3. The van der Waals surface area contributed by atoms with Crippen LogP contribution in [0.4, 0.5) is 10.1 Å². The van der Waals surface area contributed by atoms with Crippen molar-refractivity contribution in [1.29, 1.82) is 0 Å². The number of pyridine rings is 1. The predicted octanol–water partition coefficient (Wildman–Crippen LogP) is 4.54. The Morgan fingerprint density at radius 3 is 2.68 bits per heavy atom. The van der Waals surface area contributed by atoms with Gasteiger partial charge in [-0.25, -0.2) is 9.37 Å². The smallest absolute Gasteiger partial charge is 0.275 e. The Morgan fingerprint density at radius 2 is 2.00 bits per heavy atom. The van der Waals surface area contributed by atoms with E-state index < -0.39 is 11.7 Å². The molecule has 0 unspecified atom stereocenters. The van der Waals surface area contributed by atoms with E-state index in [-0.39, 0.29) is 15.9 Å². The highest BCUT2D eigenvalue weighted by Gasteiger charge is 2.13. The lowest BCUT2D eigenvalue weighted by atomic mass is 10.3. The van der Waals surface area contributed by atoms with Gasteiger partial charge in [-0.05, 0) is 46.3 Å². The normalized spacial score (nSPS) is 10.3. The summed E-state index contributed by atoms with van der Waals surface area (Å²) in [6.07, 6.45) is 0. The van der Waals surface area contributed by atoms with E-state index in [4.69, 9.17) is 23.2 Å². The lowest BCUT2D eigenvalue weighted by Gasteiger charge is -2.07. The Hall–Kier alpha value is -1.17. The molecule has 1 amide bonds. The number of anilines is 1. The number of aromatic nitrogens is 1. The molecule has 0 saturated carbocycles. The standard InChI is InChI=1S/C12H6BrCl2FN2O/c13-7-2-1-6(5-9(7)16)17-12(19)11-8(14)3-4-10(15)18-11/h1-5H,(H,17,19). The minimum Gasteiger partial charge on any atom is -0.321 e. The summed E-state index contributed by atoms with van der Waals surface area (Å²) in [5.74, 6) is -1.04. The number of halogens is 4. The van der Waals surface area contributed by atoms with Crippen LogP contribution in [0.25, 0.3) is 0 Å². The highest BCUT2D eigenvalue weighted by atomic mass is 79.9. The average molecular weight is 364 g/mol. The zero-order valence-corrected chi connectivity index (χ0v) is 12.4. The molecule has 1 N–H and O–H groups in total. The molecule has 98 valence electrons. The largest absolute Gasteiger partial charge is 0.321 e. The number of rotatable bonds is 2. The third kappa shape index (κ3) is 3.43. The van der Waals surface area contributed by atoms with Crippen LogP contribution in [0.2, 0.25) is 10.2 Å². The zero-order valence-electron chi connectivity index (χ0n) is 9.25. The molecule has 0 aliphatic heterocycles. The zero-order chi connectivity index (χ0) is 14.0. The molecule has 0 aliphatic rings. The van der Waals surface area contributed by atoms with E-state index in [1.807, 2.05) is 0 Å². The van der Waals surface area contributed by atoms with Gasteiger partial charge in [-0.15, -0.1) is 0 Å². The van der Waals surface area contributed by atoms with E-state index in [1.54, 1.807) is 6.07 Å². The van der Waals surface area contributed by atoms with Crippen LogP contribution in [0.5, 0.6) is 0 Å². The number of carbonyl (C=O) groups is 1. The topological polar surface area (TPSA) is 42.0 Å². The molecule has 19 heavy (non-hydrogen) atoms. The predicted molar refractivity (Wildman–Crippen MR) is 76.3 cm³/mol. The fourth-order valence-corrected chi connectivity index (χ4v) is 1.93. The highest BCUT2D eigenvalue weighted by Crippen LogP contribution is 2.21. The minimum absolute atomic E-state index is 0.0162. The number of hydrogen-bond donors (Lipinski definition) is 1. The molecule has 2 aromatic rings. The first-order chi connectivity index (χ1) is 8.97. The molecule has 0 aliphatic carbocycles. The van der Waals surface area contributed by atoms with Gasteiger partial charge in [-0.1, -0.05) is 23.2 Å². The van der Waals surface area contributed by atoms with Crippen molar-refractivity contribution in [3.05, 3.63) is 56.5 Å². The second kappa shape index (κ2) is 5.86. The Labute approximate surface area is 126 Å². The van der Waals surface area contributed by atoms with Gasteiger partial charge in [0.15, 0.2) is 0 Å². The summed E-state index contributed by atoms with van der Waals surface area (Å²) < 4.78 is 13.6. The van der Waals surface area contributed by atoms with Crippen LogP contribution < -0.4 is 5.32 Å². The molecular weight excluding hydrogens is 358 g/mol. The summed E-state index contributed by atoms with van der Waals surface area (Å²) in [5, 5.41) is 2.80. The monoisotopic (exact) mass is 362 g/mol. The van der Waals surface area contributed by atoms with Gasteiger partial charge in [0.1, 0.15) is 16.7 Å². The number of nitrogens with zero attached hydrogens (tertiary/aromatic N) is 1. The van der Waals surface area contributed by atoms with Gasteiger partial charge in [0.25, 0.3) is 5.91 Å². The summed E-state index contributed by atoms with van der Waals surface area (Å²) in [6, 6.07) is 7.15. The van der Waals surface area contributed by atoms with Gasteiger partial charge in [-0.3, -0.25) is 4.79 Å². The second-order valence-corrected chi connectivity index (χ2v) is 5.20.